The fourth-order valence-corrected chi connectivity index (χ4v) is 6.24. The van der Waals surface area contributed by atoms with Crippen LogP contribution in [0, 0.1) is 35.5 Å². The summed E-state index contributed by atoms with van der Waals surface area (Å²) < 4.78 is 0. The summed E-state index contributed by atoms with van der Waals surface area (Å²) in [5.41, 5.74) is 0.511. The predicted molar refractivity (Wildman–Crippen MR) is 122 cm³/mol. The van der Waals surface area contributed by atoms with E-state index in [1.807, 2.05) is 0 Å². The van der Waals surface area contributed by atoms with Crippen LogP contribution >= 0.6 is 0 Å². The first-order chi connectivity index (χ1) is 17.2. The fourth-order valence-electron chi connectivity index (χ4n) is 6.24. The van der Waals surface area contributed by atoms with Crippen LogP contribution in [0.1, 0.15) is 20.7 Å². The second-order valence-electron chi connectivity index (χ2n) is 9.37. The van der Waals surface area contributed by atoms with Gasteiger partial charge in [-0.1, -0.05) is 12.2 Å². The maximum absolute atomic E-state index is 13.5. The molecular weight excluding hydrogens is 468 g/mol. The molecule has 0 aromatic heterocycles. The van der Waals surface area contributed by atoms with Crippen LogP contribution in [0.3, 0.4) is 0 Å². The first-order valence-corrected chi connectivity index (χ1v) is 11.3. The summed E-state index contributed by atoms with van der Waals surface area (Å²) in [6, 6.07) is 10.8. The van der Waals surface area contributed by atoms with Crippen LogP contribution in [0.4, 0.5) is 11.4 Å². The van der Waals surface area contributed by atoms with Gasteiger partial charge < -0.3 is 10.2 Å². The normalized spacial score (nSPS) is 30.1. The first kappa shape index (κ1) is 21.9. The highest BCUT2D eigenvalue weighted by Gasteiger charge is 2.68. The van der Waals surface area contributed by atoms with Gasteiger partial charge in [0.05, 0.1) is 46.2 Å². The third kappa shape index (κ3) is 2.78. The molecule has 7 rings (SSSR count). The zero-order valence-electron chi connectivity index (χ0n) is 18.5. The summed E-state index contributed by atoms with van der Waals surface area (Å²) >= 11 is 0. The van der Waals surface area contributed by atoms with Crippen molar-refractivity contribution in [1.82, 2.24) is 0 Å². The second-order valence-corrected chi connectivity index (χ2v) is 9.37. The lowest BCUT2D eigenvalue weighted by molar-refractivity contribution is -0.137. The van der Waals surface area contributed by atoms with Crippen LogP contribution in [0.15, 0.2) is 60.7 Å². The Morgan fingerprint density at radius 3 is 1.06 bits per heavy atom. The molecule has 2 heterocycles. The van der Waals surface area contributed by atoms with Gasteiger partial charge in [-0.25, -0.2) is 9.59 Å². The number of benzene rings is 2. The van der Waals surface area contributed by atoms with Crippen molar-refractivity contribution in [1.29, 1.82) is 0 Å². The zero-order valence-corrected chi connectivity index (χ0v) is 18.5. The Hall–Kier alpha value is -4.60. The van der Waals surface area contributed by atoms with Gasteiger partial charge in [0.2, 0.25) is 23.6 Å². The molecule has 2 aromatic rings. The molecule has 2 aliphatic heterocycles. The molecular formula is C26H18N2O8. The number of anilines is 2. The average Bonchev–Trinajstić information content (AvgIpc) is 3.31. The van der Waals surface area contributed by atoms with Crippen LogP contribution in [0.2, 0.25) is 0 Å². The van der Waals surface area contributed by atoms with E-state index in [0.717, 1.165) is 9.80 Å². The number of carboxylic acids is 2. The molecule has 2 saturated heterocycles. The van der Waals surface area contributed by atoms with Crippen molar-refractivity contribution in [3.8, 4) is 0 Å². The Morgan fingerprint density at radius 1 is 0.528 bits per heavy atom. The van der Waals surface area contributed by atoms with Gasteiger partial charge in [0, 0.05) is 11.8 Å². The van der Waals surface area contributed by atoms with E-state index in [1.165, 1.54) is 48.5 Å². The molecule has 180 valence electrons. The van der Waals surface area contributed by atoms with E-state index in [2.05, 4.69) is 0 Å². The van der Waals surface area contributed by atoms with E-state index in [0.29, 0.717) is 0 Å². The third-order valence-corrected chi connectivity index (χ3v) is 7.76. The third-order valence-electron chi connectivity index (χ3n) is 7.76. The highest BCUT2D eigenvalue weighted by molar-refractivity contribution is 6.26. The predicted octanol–water partition coefficient (Wildman–Crippen LogP) is 1.81. The van der Waals surface area contributed by atoms with E-state index in [-0.39, 0.29) is 22.5 Å². The molecule has 36 heavy (non-hydrogen) atoms. The first-order valence-electron chi connectivity index (χ1n) is 11.3. The number of rotatable bonds is 4. The van der Waals surface area contributed by atoms with E-state index < -0.39 is 71.1 Å². The largest absolute Gasteiger partial charge is 0.478 e. The lowest BCUT2D eigenvalue weighted by Gasteiger charge is -2.44. The SMILES string of the molecule is O=C(O)c1ccc(N2C(=O)[C@@H]3C4C=CC([C@H]3C2=O)[C@H]2C(=O)N(c3ccc(C(=O)O)cc3)C(=O)[C@H]42)cc1. The second kappa shape index (κ2) is 7.45. The van der Waals surface area contributed by atoms with Crippen LogP contribution in [0.25, 0.3) is 0 Å². The van der Waals surface area contributed by atoms with Crippen molar-refractivity contribution in [3.05, 3.63) is 71.8 Å². The number of nitrogens with zero attached hydrogens (tertiary/aromatic N) is 2. The Morgan fingerprint density at radius 2 is 0.806 bits per heavy atom. The molecule has 5 aliphatic rings. The van der Waals surface area contributed by atoms with E-state index in [4.69, 9.17) is 10.2 Å². The summed E-state index contributed by atoms with van der Waals surface area (Å²) in [5.74, 6) is -8.70. The summed E-state index contributed by atoms with van der Waals surface area (Å²) in [6.45, 7) is 0. The zero-order chi connectivity index (χ0) is 25.5. The topological polar surface area (TPSA) is 149 Å². The van der Waals surface area contributed by atoms with E-state index >= 15 is 0 Å². The van der Waals surface area contributed by atoms with Crippen LogP contribution in [-0.2, 0) is 19.2 Å². The molecule has 4 amide bonds. The van der Waals surface area contributed by atoms with Gasteiger partial charge in [0.1, 0.15) is 0 Å². The summed E-state index contributed by atoms with van der Waals surface area (Å²) in [5, 5.41) is 18.2. The molecule has 2 bridgehead atoms. The number of aromatic carboxylic acids is 2. The Bertz CT molecular complexity index is 1260. The van der Waals surface area contributed by atoms with E-state index in [1.54, 1.807) is 12.2 Å². The lowest BCUT2D eigenvalue weighted by atomic mass is 9.54. The van der Waals surface area contributed by atoms with Crippen LogP contribution < -0.4 is 9.80 Å². The molecule has 0 spiro atoms. The lowest BCUT2D eigenvalue weighted by Crippen LogP contribution is -2.50. The monoisotopic (exact) mass is 486 g/mol. The molecule has 0 unspecified atom stereocenters. The van der Waals surface area contributed by atoms with Gasteiger partial charge >= 0.3 is 11.9 Å². The molecule has 10 heteroatoms. The van der Waals surface area contributed by atoms with Crippen molar-refractivity contribution in [3.63, 3.8) is 0 Å². The standard InChI is InChI=1S/C26H18N2O8/c29-21-17-15-9-10-16(18(17)22(30)27(21)13-5-1-11(2-6-13)25(33)34)20-19(15)23(31)28(24(20)32)14-7-3-12(4-8-14)26(35)36/h1-10,15-20H,(H,33,34)(H,35,36)/t15?,16?,17-,18-,19-,20-/m1/s1. The van der Waals surface area contributed by atoms with Crippen molar-refractivity contribution in [2.75, 3.05) is 9.80 Å². The summed E-state index contributed by atoms with van der Waals surface area (Å²) in [7, 11) is 0. The number of imide groups is 2. The quantitative estimate of drug-likeness (QED) is 0.491. The van der Waals surface area contributed by atoms with Gasteiger partial charge in [-0.05, 0) is 48.5 Å². The summed E-state index contributed by atoms with van der Waals surface area (Å²) in [6.07, 6.45) is 3.49. The van der Waals surface area contributed by atoms with Gasteiger partial charge in [-0.15, -0.1) is 0 Å². The van der Waals surface area contributed by atoms with Crippen molar-refractivity contribution in [2.45, 2.75) is 0 Å². The minimum Gasteiger partial charge on any atom is -0.478 e. The molecule has 2 N–H and O–H groups in total. The van der Waals surface area contributed by atoms with Gasteiger partial charge in [-0.2, -0.15) is 0 Å². The van der Waals surface area contributed by atoms with Gasteiger partial charge in [0.15, 0.2) is 0 Å². The van der Waals surface area contributed by atoms with Crippen molar-refractivity contribution in [2.24, 2.45) is 35.5 Å². The van der Waals surface area contributed by atoms with Crippen LogP contribution in [-0.4, -0.2) is 45.8 Å². The molecule has 2 aromatic carbocycles. The maximum atomic E-state index is 13.5. The van der Waals surface area contributed by atoms with Crippen molar-refractivity contribution >= 4 is 46.9 Å². The number of carboxylic acid groups (broad SMARTS) is 2. The maximum Gasteiger partial charge on any atom is 0.335 e. The summed E-state index contributed by atoms with van der Waals surface area (Å²) in [4.78, 5) is 78.3. The number of amides is 4. The molecule has 1 saturated carbocycles. The smallest absolute Gasteiger partial charge is 0.335 e. The Balaban J connectivity index is 1.34. The molecule has 4 atom stereocenters. The molecule has 0 radical (unpaired) electrons. The molecule has 3 aliphatic carbocycles. The minimum atomic E-state index is -1.14. The van der Waals surface area contributed by atoms with Crippen molar-refractivity contribution < 1.29 is 39.0 Å². The fraction of sp³-hybridized carbons (Fsp3) is 0.231. The highest BCUT2D eigenvalue weighted by Crippen LogP contribution is 2.58. The van der Waals surface area contributed by atoms with Gasteiger partial charge in [-0.3, -0.25) is 29.0 Å². The highest BCUT2D eigenvalue weighted by atomic mass is 16.4. The molecule has 3 fully saturated rings. The average molecular weight is 486 g/mol. The van der Waals surface area contributed by atoms with Crippen LogP contribution in [0.5, 0.6) is 0 Å². The number of hydrogen-bond acceptors (Lipinski definition) is 6. The number of carbonyl (C=O) groups excluding carboxylic acids is 4. The number of hydrogen-bond donors (Lipinski definition) is 2. The van der Waals surface area contributed by atoms with Gasteiger partial charge in [0.25, 0.3) is 0 Å². The Labute approximate surface area is 203 Å². The molecule has 10 nitrogen and oxygen atoms in total. The number of carbonyl (C=O) groups is 6. The minimum absolute atomic E-state index is 0.0131. The number of allylic oxidation sites excluding steroid dienone is 2. The van der Waals surface area contributed by atoms with E-state index in [9.17, 15) is 28.8 Å². The Kier molecular flexibility index (Phi) is 4.53.